The van der Waals surface area contributed by atoms with E-state index in [0.717, 1.165) is 9.87 Å². The van der Waals surface area contributed by atoms with Crippen LogP contribution in [0.15, 0.2) is 43.0 Å². The lowest BCUT2D eigenvalue weighted by atomic mass is 10.1. The second-order valence-electron chi connectivity index (χ2n) is 9.31. The number of imidazole rings is 1. The Bertz CT molecular complexity index is 1440. The van der Waals surface area contributed by atoms with Crippen molar-refractivity contribution in [2.45, 2.75) is 18.9 Å². The lowest BCUT2D eigenvalue weighted by Crippen LogP contribution is -2.58. The van der Waals surface area contributed by atoms with E-state index < -0.39 is 16.3 Å². The highest BCUT2D eigenvalue weighted by Gasteiger charge is 2.38. The van der Waals surface area contributed by atoms with Crippen molar-refractivity contribution in [2.24, 2.45) is 0 Å². The molecule has 0 saturated carbocycles. The van der Waals surface area contributed by atoms with Gasteiger partial charge in [0.05, 0.1) is 6.04 Å². The van der Waals surface area contributed by atoms with Crippen LogP contribution in [0.4, 0.5) is 5.82 Å². The van der Waals surface area contributed by atoms with Gasteiger partial charge in [-0.2, -0.15) is 22.0 Å². The maximum atomic E-state index is 13.1. The number of halogens is 1. The second kappa shape index (κ2) is 11.3. The zero-order valence-corrected chi connectivity index (χ0v) is 23.1. The number of nitrogens with zero attached hydrogens (tertiary/aromatic N) is 7. The average Bonchev–Trinajstić information content (AvgIpc) is 3.60. The van der Waals surface area contributed by atoms with Crippen LogP contribution >= 0.6 is 11.6 Å². The summed E-state index contributed by atoms with van der Waals surface area (Å²) in [6.45, 7) is 1.39. The van der Waals surface area contributed by atoms with Crippen molar-refractivity contribution in [1.82, 2.24) is 33.4 Å². The molecule has 0 bridgehead atoms. The van der Waals surface area contributed by atoms with E-state index in [2.05, 4.69) is 20.3 Å². The van der Waals surface area contributed by atoms with Crippen LogP contribution in [0.5, 0.6) is 11.5 Å². The summed E-state index contributed by atoms with van der Waals surface area (Å²) < 4.78 is 41.1. The van der Waals surface area contributed by atoms with Crippen LogP contribution in [0.1, 0.15) is 12.0 Å². The van der Waals surface area contributed by atoms with Crippen LogP contribution in [0.2, 0.25) is 5.15 Å². The number of hydrogen-bond donors (Lipinski definition) is 1. The van der Waals surface area contributed by atoms with Crippen LogP contribution in [0.3, 0.4) is 0 Å². The maximum Gasteiger partial charge on any atom is 0.281 e. The number of nitrogens with one attached hydrogen (secondary N) is 1. The molecule has 5 rings (SSSR count). The van der Waals surface area contributed by atoms with Crippen molar-refractivity contribution >= 4 is 33.5 Å². The fraction of sp³-hybridized carbons (Fsp3) is 0.417. The Morgan fingerprint density at radius 2 is 2.00 bits per heavy atom. The van der Waals surface area contributed by atoms with E-state index in [1.807, 2.05) is 23.1 Å². The van der Waals surface area contributed by atoms with E-state index in [0.29, 0.717) is 42.8 Å². The van der Waals surface area contributed by atoms with E-state index in [1.54, 1.807) is 29.4 Å². The topological polar surface area (TPSA) is 135 Å². The molecule has 2 aromatic heterocycles. The van der Waals surface area contributed by atoms with E-state index in [1.165, 1.54) is 18.4 Å². The number of anilines is 1. The SMILES string of the molecule is CN(C)S(=O)(=O)N1CCN(c2cc(Cl)nc(-n3ccnc3)n2)CC1CC(=O)NCCc1ccc2c(c1)OCO2. The van der Waals surface area contributed by atoms with Crippen molar-refractivity contribution in [1.29, 1.82) is 0 Å². The summed E-state index contributed by atoms with van der Waals surface area (Å²) in [5.74, 6) is 2.02. The number of carbonyl (C=O) groups is 1. The molecule has 13 nitrogen and oxygen atoms in total. The first-order chi connectivity index (χ1) is 18.7. The molecule has 0 aliphatic carbocycles. The molecule has 2 aliphatic rings. The summed E-state index contributed by atoms with van der Waals surface area (Å²) in [4.78, 5) is 27.8. The molecule has 39 heavy (non-hydrogen) atoms. The molecule has 0 radical (unpaired) electrons. The summed E-state index contributed by atoms with van der Waals surface area (Å²) in [5.41, 5.74) is 0.995. The Balaban J connectivity index is 1.28. The van der Waals surface area contributed by atoms with Crippen molar-refractivity contribution in [3.63, 3.8) is 0 Å². The fourth-order valence-electron chi connectivity index (χ4n) is 4.50. The van der Waals surface area contributed by atoms with Gasteiger partial charge in [0.15, 0.2) is 11.5 Å². The molecule has 1 N–H and O–H groups in total. The Hall–Kier alpha value is -3.46. The predicted octanol–water partition coefficient (Wildman–Crippen LogP) is 1.09. The first-order valence-corrected chi connectivity index (χ1v) is 14.1. The molecule has 4 heterocycles. The minimum absolute atomic E-state index is 0.0160. The number of carbonyl (C=O) groups excluding carboxylic acids is 1. The summed E-state index contributed by atoms with van der Waals surface area (Å²) in [6, 6.07) is 6.67. The normalized spacial score (nSPS) is 17.5. The first kappa shape index (κ1) is 27.1. The predicted molar refractivity (Wildman–Crippen MR) is 143 cm³/mol. The number of hydrogen-bond acceptors (Lipinski definition) is 9. The molecule has 208 valence electrons. The number of amides is 1. The Morgan fingerprint density at radius 1 is 1.18 bits per heavy atom. The Kier molecular flexibility index (Phi) is 7.88. The number of aromatic nitrogens is 4. The van der Waals surface area contributed by atoms with Gasteiger partial charge in [0, 0.05) is 65.2 Å². The quantitative estimate of drug-likeness (QED) is 0.371. The van der Waals surface area contributed by atoms with E-state index in [4.69, 9.17) is 21.1 Å². The van der Waals surface area contributed by atoms with Gasteiger partial charge < -0.3 is 19.7 Å². The smallest absolute Gasteiger partial charge is 0.281 e. The third-order valence-corrected chi connectivity index (χ3v) is 8.70. The first-order valence-electron chi connectivity index (χ1n) is 12.3. The second-order valence-corrected chi connectivity index (χ2v) is 11.8. The van der Waals surface area contributed by atoms with Crippen molar-refractivity contribution < 1.29 is 22.7 Å². The summed E-state index contributed by atoms with van der Waals surface area (Å²) >= 11 is 6.29. The molecule has 1 atom stereocenters. The van der Waals surface area contributed by atoms with Gasteiger partial charge in [-0.3, -0.25) is 9.36 Å². The minimum Gasteiger partial charge on any atom is -0.454 e. The van der Waals surface area contributed by atoms with Gasteiger partial charge in [0.2, 0.25) is 18.6 Å². The molecule has 1 saturated heterocycles. The van der Waals surface area contributed by atoms with Gasteiger partial charge in [-0.25, -0.2) is 9.97 Å². The number of piperazine rings is 1. The van der Waals surface area contributed by atoms with Gasteiger partial charge in [-0.15, -0.1) is 0 Å². The monoisotopic (exact) mass is 576 g/mol. The van der Waals surface area contributed by atoms with Crippen molar-refractivity contribution in [2.75, 3.05) is 52.0 Å². The number of rotatable bonds is 9. The highest BCUT2D eigenvalue weighted by molar-refractivity contribution is 7.86. The van der Waals surface area contributed by atoms with Crippen molar-refractivity contribution in [3.8, 4) is 17.4 Å². The molecule has 1 fully saturated rings. The van der Waals surface area contributed by atoms with Crippen LogP contribution in [0, 0.1) is 0 Å². The molecular formula is C24H29ClN8O5S. The summed E-state index contributed by atoms with van der Waals surface area (Å²) in [6.07, 6.45) is 5.45. The zero-order chi connectivity index (χ0) is 27.6. The zero-order valence-electron chi connectivity index (χ0n) is 21.5. The average molecular weight is 577 g/mol. The molecule has 15 heteroatoms. The molecule has 0 spiro atoms. The van der Waals surface area contributed by atoms with Crippen LogP contribution in [-0.2, 0) is 21.4 Å². The lowest BCUT2D eigenvalue weighted by molar-refractivity contribution is -0.121. The van der Waals surface area contributed by atoms with Crippen LogP contribution in [-0.4, -0.2) is 95.6 Å². The maximum absolute atomic E-state index is 13.1. The van der Waals surface area contributed by atoms with E-state index >= 15 is 0 Å². The Morgan fingerprint density at radius 3 is 2.77 bits per heavy atom. The number of ether oxygens (including phenoxy) is 2. The highest BCUT2D eigenvalue weighted by atomic mass is 35.5. The number of fused-ring (bicyclic) bond motifs is 1. The molecular weight excluding hydrogens is 548 g/mol. The third-order valence-electron chi connectivity index (χ3n) is 6.51. The van der Waals surface area contributed by atoms with E-state index in [9.17, 15) is 13.2 Å². The van der Waals surface area contributed by atoms with Crippen molar-refractivity contribution in [3.05, 3.63) is 53.7 Å². The van der Waals surface area contributed by atoms with Crippen LogP contribution in [0.25, 0.3) is 5.95 Å². The molecule has 1 aromatic carbocycles. The standard InChI is InChI=1S/C24H29ClN8O5S/c1-30(2)39(35,36)33-10-9-31(22-13-21(25)28-24(29-22)32-8-7-26-15-32)14-18(33)12-23(34)27-6-5-17-3-4-19-20(11-17)38-16-37-19/h3-4,7-8,11,13,15,18H,5-6,9-10,12,14,16H2,1-2H3,(H,27,34). The van der Waals surface area contributed by atoms with Gasteiger partial charge in [-0.05, 0) is 24.1 Å². The molecule has 1 amide bonds. The number of benzene rings is 1. The molecule has 3 aromatic rings. The Labute approximate surface area is 231 Å². The van der Waals surface area contributed by atoms with Gasteiger partial charge >= 0.3 is 0 Å². The fourth-order valence-corrected chi connectivity index (χ4v) is 5.93. The third kappa shape index (κ3) is 6.08. The van der Waals surface area contributed by atoms with Gasteiger partial charge in [-0.1, -0.05) is 17.7 Å². The summed E-state index contributed by atoms with van der Waals surface area (Å²) in [7, 11) is -0.802. The molecule has 2 aliphatic heterocycles. The largest absolute Gasteiger partial charge is 0.454 e. The van der Waals surface area contributed by atoms with E-state index in [-0.39, 0.29) is 37.4 Å². The van der Waals surface area contributed by atoms with Crippen LogP contribution < -0.4 is 19.7 Å². The highest BCUT2D eigenvalue weighted by Crippen LogP contribution is 2.32. The summed E-state index contributed by atoms with van der Waals surface area (Å²) in [5, 5.41) is 3.16. The van der Waals surface area contributed by atoms with Gasteiger partial charge in [0.25, 0.3) is 10.2 Å². The minimum atomic E-state index is -3.76. The molecule has 1 unspecified atom stereocenters. The lowest BCUT2D eigenvalue weighted by Gasteiger charge is -2.41. The van der Waals surface area contributed by atoms with Gasteiger partial charge in [0.1, 0.15) is 17.3 Å².